The third-order valence-electron chi connectivity index (χ3n) is 2.66. The molecule has 0 heterocycles. The molecule has 0 fully saturated rings. The molecule has 106 valence electrons. The molecule has 6 heteroatoms. The number of rotatable bonds is 6. The molecule has 0 saturated heterocycles. The summed E-state index contributed by atoms with van der Waals surface area (Å²) >= 11 is 11.6. The standard InChI is InChI=1S/C13H17Cl2NO3/c1-13(18,5-6-19-2)8-16-12(17)9-3-4-10(14)11(15)7-9/h3-4,7,18H,5-6,8H2,1-2H3,(H,16,17). The van der Waals surface area contributed by atoms with Crippen molar-refractivity contribution in [2.45, 2.75) is 18.9 Å². The Morgan fingerprint density at radius 2 is 2.11 bits per heavy atom. The van der Waals surface area contributed by atoms with Crippen LogP contribution in [0.3, 0.4) is 0 Å². The van der Waals surface area contributed by atoms with Crippen molar-refractivity contribution in [2.24, 2.45) is 0 Å². The summed E-state index contributed by atoms with van der Waals surface area (Å²) in [4.78, 5) is 11.9. The van der Waals surface area contributed by atoms with Gasteiger partial charge in [0.25, 0.3) is 5.91 Å². The van der Waals surface area contributed by atoms with E-state index in [1.807, 2.05) is 0 Å². The summed E-state index contributed by atoms with van der Waals surface area (Å²) in [6.45, 7) is 2.20. The molecule has 1 amide bonds. The van der Waals surface area contributed by atoms with E-state index in [-0.39, 0.29) is 12.5 Å². The van der Waals surface area contributed by atoms with Gasteiger partial charge in [0.1, 0.15) is 0 Å². The summed E-state index contributed by atoms with van der Waals surface area (Å²) in [5, 5.41) is 13.4. The molecule has 1 atom stereocenters. The van der Waals surface area contributed by atoms with Gasteiger partial charge in [-0.25, -0.2) is 0 Å². The maximum Gasteiger partial charge on any atom is 0.251 e. The number of ether oxygens (including phenoxy) is 1. The van der Waals surface area contributed by atoms with Crippen molar-refractivity contribution in [3.05, 3.63) is 33.8 Å². The average Bonchev–Trinajstić information content (AvgIpc) is 2.37. The van der Waals surface area contributed by atoms with Gasteiger partial charge in [0.2, 0.25) is 0 Å². The SMILES string of the molecule is COCCC(C)(O)CNC(=O)c1ccc(Cl)c(Cl)c1. The largest absolute Gasteiger partial charge is 0.388 e. The van der Waals surface area contributed by atoms with Gasteiger partial charge in [-0.2, -0.15) is 0 Å². The number of methoxy groups -OCH3 is 1. The van der Waals surface area contributed by atoms with Crippen LogP contribution in [0.4, 0.5) is 0 Å². The van der Waals surface area contributed by atoms with Gasteiger partial charge < -0.3 is 15.2 Å². The Morgan fingerprint density at radius 1 is 1.42 bits per heavy atom. The van der Waals surface area contributed by atoms with Gasteiger partial charge in [-0.15, -0.1) is 0 Å². The smallest absolute Gasteiger partial charge is 0.251 e. The van der Waals surface area contributed by atoms with E-state index >= 15 is 0 Å². The van der Waals surface area contributed by atoms with Gasteiger partial charge >= 0.3 is 0 Å². The van der Waals surface area contributed by atoms with Gasteiger partial charge in [0.15, 0.2) is 0 Å². The molecule has 1 rings (SSSR count). The van der Waals surface area contributed by atoms with Crippen LogP contribution >= 0.6 is 23.2 Å². The molecule has 1 aromatic rings. The number of carbonyl (C=O) groups excluding carboxylic acids is 1. The summed E-state index contributed by atoms with van der Waals surface area (Å²) in [5.74, 6) is -0.309. The van der Waals surface area contributed by atoms with Gasteiger partial charge in [-0.3, -0.25) is 4.79 Å². The van der Waals surface area contributed by atoms with Gasteiger partial charge in [-0.1, -0.05) is 23.2 Å². The topological polar surface area (TPSA) is 58.6 Å². The number of carbonyl (C=O) groups is 1. The lowest BCUT2D eigenvalue weighted by Crippen LogP contribution is -2.41. The minimum atomic E-state index is -1.01. The van der Waals surface area contributed by atoms with Crippen molar-refractivity contribution < 1.29 is 14.6 Å². The van der Waals surface area contributed by atoms with Crippen LogP contribution in [-0.4, -0.2) is 36.9 Å². The van der Waals surface area contributed by atoms with Crippen LogP contribution in [0.1, 0.15) is 23.7 Å². The first-order chi connectivity index (χ1) is 8.85. The lowest BCUT2D eigenvalue weighted by atomic mass is 10.0. The molecule has 1 unspecified atom stereocenters. The number of hydrogen-bond donors (Lipinski definition) is 2. The Bertz CT molecular complexity index is 450. The molecule has 0 aliphatic heterocycles. The number of amides is 1. The van der Waals surface area contributed by atoms with Crippen LogP contribution in [0.15, 0.2) is 18.2 Å². The van der Waals surface area contributed by atoms with E-state index in [0.29, 0.717) is 28.6 Å². The van der Waals surface area contributed by atoms with E-state index in [4.69, 9.17) is 27.9 Å². The quantitative estimate of drug-likeness (QED) is 0.849. The summed E-state index contributed by atoms with van der Waals surface area (Å²) in [6, 6.07) is 4.62. The zero-order chi connectivity index (χ0) is 14.5. The highest BCUT2D eigenvalue weighted by Crippen LogP contribution is 2.22. The van der Waals surface area contributed by atoms with Crippen molar-refractivity contribution in [3.63, 3.8) is 0 Å². The van der Waals surface area contributed by atoms with E-state index in [9.17, 15) is 9.90 Å². The van der Waals surface area contributed by atoms with Crippen molar-refractivity contribution in [3.8, 4) is 0 Å². The molecule has 0 aromatic heterocycles. The monoisotopic (exact) mass is 305 g/mol. The first kappa shape index (κ1) is 16.2. The number of hydrogen-bond acceptors (Lipinski definition) is 3. The second kappa shape index (κ2) is 7.10. The average molecular weight is 306 g/mol. The normalized spacial score (nSPS) is 13.9. The minimum absolute atomic E-state index is 0.134. The summed E-state index contributed by atoms with van der Waals surface area (Å²) in [7, 11) is 1.56. The van der Waals surface area contributed by atoms with Crippen LogP contribution in [0.2, 0.25) is 10.0 Å². The molecule has 0 aliphatic rings. The van der Waals surface area contributed by atoms with Crippen LogP contribution < -0.4 is 5.32 Å². The number of halogens is 2. The van der Waals surface area contributed by atoms with Crippen LogP contribution in [0.5, 0.6) is 0 Å². The Morgan fingerprint density at radius 3 is 2.68 bits per heavy atom. The third kappa shape index (κ3) is 5.37. The van der Waals surface area contributed by atoms with E-state index < -0.39 is 5.60 Å². The van der Waals surface area contributed by atoms with E-state index in [1.165, 1.54) is 6.07 Å². The third-order valence-corrected chi connectivity index (χ3v) is 3.40. The minimum Gasteiger partial charge on any atom is -0.388 e. The van der Waals surface area contributed by atoms with Crippen molar-refractivity contribution >= 4 is 29.1 Å². The molecular weight excluding hydrogens is 289 g/mol. The lowest BCUT2D eigenvalue weighted by Gasteiger charge is -2.23. The zero-order valence-electron chi connectivity index (χ0n) is 10.9. The van der Waals surface area contributed by atoms with Gasteiger partial charge in [0.05, 0.1) is 15.6 Å². The first-order valence-corrected chi connectivity index (χ1v) is 6.56. The summed E-state index contributed by atoms with van der Waals surface area (Å²) < 4.78 is 4.89. The molecule has 0 aliphatic carbocycles. The Labute approximate surface area is 122 Å². The summed E-state index contributed by atoms with van der Waals surface area (Å²) in [6.07, 6.45) is 0.436. The first-order valence-electron chi connectivity index (χ1n) is 5.80. The molecule has 1 aromatic carbocycles. The predicted octanol–water partition coefficient (Wildman–Crippen LogP) is 2.51. The number of nitrogens with one attached hydrogen (secondary N) is 1. The van der Waals surface area contributed by atoms with Crippen molar-refractivity contribution in [1.82, 2.24) is 5.32 Å². The van der Waals surface area contributed by atoms with Gasteiger partial charge in [0, 0.05) is 32.2 Å². The fourth-order valence-corrected chi connectivity index (χ4v) is 1.72. The Kier molecular flexibility index (Phi) is 6.07. The van der Waals surface area contributed by atoms with Crippen molar-refractivity contribution in [1.29, 1.82) is 0 Å². The molecule has 0 bridgehead atoms. The van der Waals surface area contributed by atoms with E-state index in [1.54, 1.807) is 26.2 Å². The predicted molar refractivity (Wildman–Crippen MR) is 75.9 cm³/mol. The number of benzene rings is 1. The van der Waals surface area contributed by atoms with Crippen LogP contribution in [0.25, 0.3) is 0 Å². The highest BCUT2D eigenvalue weighted by molar-refractivity contribution is 6.42. The molecule has 0 saturated carbocycles. The Hall–Kier alpha value is -0.810. The summed E-state index contributed by atoms with van der Waals surface area (Å²) in [5.41, 5.74) is -0.612. The maximum absolute atomic E-state index is 11.9. The molecule has 19 heavy (non-hydrogen) atoms. The molecule has 2 N–H and O–H groups in total. The number of aliphatic hydroxyl groups is 1. The van der Waals surface area contributed by atoms with Crippen molar-refractivity contribution in [2.75, 3.05) is 20.3 Å². The fourth-order valence-electron chi connectivity index (χ4n) is 1.42. The Balaban J connectivity index is 2.57. The van der Waals surface area contributed by atoms with Crippen LogP contribution in [-0.2, 0) is 4.74 Å². The molecule has 4 nitrogen and oxygen atoms in total. The lowest BCUT2D eigenvalue weighted by molar-refractivity contribution is 0.0243. The molecular formula is C13H17Cl2NO3. The fraction of sp³-hybridized carbons (Fsp3) is 0.462. The zero-order valence-corrected chi connectivity index (χ0v) is 12.4. The van der Waals surface area contributed by atoms with E-state index in [0.717, 1.165) is 0 Å². The van der Waals surface area contributed by atoms with Gasteiger partial charge in [-0.05, 0) is 25.1 Å². The molecule has 0 radical (unpaired) electrons. The van der Waals surface area contributed by atoms with Crippen LogP contribution in [0, 0.1) is 0 Å². The highest BCUT2D eigenvalue weighted by atomic mass is 35.5. The molecule has 0 spiro atoms. The second-order valence-electron chi connectivity index (χ2n) is 4.55. The maximum atomic E-state index is 11.9. The second-order valence-corrected chi connectivity index (χ2v) is 5.37. The highest BCUT2D eigenvalue weighted by Gasteiger charge is 2.21. The van der Waals surface area contributed by atoms with E-state index in [2.05, 4.69) is 5.32 Å².